The molecule has 0 heterocycles. The number of benzene rings is 2. The second-order valence-electron chi connectivity index (χ2n) is 3.43. The van der Waals surface area contributed by atoms with Crippen LogP contribution in [-0.4, -0.2) is 11.0 Å². The fourth-order valence-electron chi connectivity index (χ4n) is 1.40. The molecule has 0 spiro atoms. The number of hydrogen-bond donors (Lipinski definition) is 2. The summed E-state index contributed by atoms with van der Waals surface area (Å²) >= 11 is 0. The molecule has 3 N–H and O–H groups in total. The SMILES string of the molecule is N/C(=N\O)c1cccc(Oc2ccccc2)c1. The molecule has 0 atom stereocenters. The fourth-order valence-corrected chi connectivity index (χ4v) is 1.40. The van der Waals surface area contributed by atoms with Gasteiger partial charge in [0, 0.05) is 5.56 Å². The molecule has 86 valence electrons. The van der Waals surface area contributed by atoms with E-state index in [9.17, 15) is 0 Å². The van der Waals surface area contributed by atoms with Gasteiger partial charge in [-0.1, -0.05) is 35.5 Å². The van der Waals surface area contributed by atoms with Crippen LogP contribution in [0.25, 0.3) is 0 Å². The van der Waals surface area contributed by atoms with Gasteiger partial charge < -0.3 is 15.7 Å². The highest BCUT2D eigenvalue weighted by molar-refractivity contribution is 5.97. The molecule has 0 unspecified atom stereocenters. The van der Waals surface area contributed by atoms with Crippen LogP contribution < -0.4 is 10.5 Å². The van der Waals surface area contributed by atoms with Crippen LogP contribution in [0.4, 0.5) is 0 Å². The van der Waals surface area contributed by atoms with E-state index in [4.69, 9.17) is 15.7 Å². The molecule has 4 nitrogen and oxygen atoms in total. The smallest absolute Gasteiger partial charge is 0.170 e. The molecule has 0 bridgehead atoms. The van der Waals surface area contributed by atoms with E-state index in [0.29, 0.717) is 11.3 Å². The zero-order valence-electron chi connectivity index (χ0n) is 9.08. The van der Waals surface area contributed by atoms with Gasteiger partial charge in [-0.15, -0.1) is 0 Å². The fraction of sp³-hybridized carbons (Fsp3) is 0. The minimum Gasteiger partial charge on any atom is -0.457 e. The quantitative estimate of drug-likeness (QED) is 0.367. The molecule has 2 aromatic rings. The molecule has 0 aliphatic heterocycles. The maximum atomic E-state index is 8.59. The summed E-state index contributed by atoms with van der Waals surface area (Å²) in [7, 11) is 0. The second-order valence-corrected chi connectivity index (χ2v) is 3.43. The highest BCUT2D eigenvalue weighted by Crippen LogP contribution is 2.21. The standard InChI is InChI=1S/C13H12N2O2/c14-13(15-16)10-5-4-8-12(9-10)17-11-6-2-1-3-7-11/h1-9,16H,(H2,14,15). The number of oxime groups is 1. The van der Waals surface area contributed by atoms with Crippen LogP contribution in [0.3, 0.4) is 0 Å². The molecule has 0 amide bonds. The van der Waals surface area contributed by atoms with Gasteiger partial charge in [0.15, 0.2) is 5.84 Å². The van der Waals surface area contributed by atoms with Gasteiger partial charge in [0.2, 0.25) is 0 Å². The zero-order chi connectivity index (χ0) is 12.1. The summed E-state index contributed by atoms with van der Waals surface area (Å²) in [4.78, 5) is 0. The highest BCUT2D eigenvalue weighted by Gasteiger charge is 2.02. The normalized spacial score (nSPS) is 11.2. The molecule has 0 radical (unpaired) electrons. The van der Waals surface area contributed by atoms with Crippen molar-refractivity contribution >= 4 is 5.84 Å². The van der Waals surface area contributed by atoms with Gasteiger partial charge in [0.1, 0.15) is 11.5 Å². The maximum Gasteiger partial charge on any atom is 0.170 e. The number of para-hydroxylation sites is 1. The van der Waals surface area contributed by atoms with Crippen LogP contribution in [-0.2, 0) is 0 Å². The van der Waals surface area contributed by atoms with E-state index in [2.05, 4.69) is 5.16 Å². The minimum atomic E-state index is 0.0588. The molecule has 0 aliphatic rings. The van der Waals surface area contributed by atoms with E-state index in [0.717, 1.165) is 5.75 Å². The number of hydrogen-bond acceptors (Lipinski definition) is 3. The minimum absolute atomic E-state index is 0.0588. The van der Waals surface area contributed by atoms with E-state index >= 15 is 0 Å². The lowest BCUT2D eigenvalue weighted by atomic mass is 10.2. The lowest BCUT2D eigenvalue weighted by Crippen LogP contribution is -2.12. The summed E-state index contributed by atoms with van der Waals surface area (Å²) in [5, 5.41) is 11.5. The van der Waals surface area contributed by atoms with Crippen molar-refractivity contribution in [3.8, 4) is 11.5 Å². The third-order valence-corrected chi connectivity index (χ3v) is 2.22. The Morgan fingerprint density at radius 3 is 2.41 bits per heavy atom. The molecule has 0 saturated carbocycles. The summed E-state index contributed by atoms with van der Waals surface area (Å²) < 4.78 is 5.62. The molecule has 2 rings (SSSR count). The Balaban J connectivity index is 2.23. The van der Waals surface area contributed by atoms with Crippen LogP contribution in [0.5, 0.6) is 11.5 Å². The Morgan fingerprint density at radius 1 is 1.00 bits per heavy atom. The topological polar surface area (TPSA) is 67.8 Å². The number of nitrogens with two attached hydrogens (primary N) is 1. The Bertz CT molecular complexity index is 524. The number of nitrogens with zero attached hydrogens (tertiary/aromatic N) is 1. The maximum absolute atomic E-state index is 8.59. The first-order chi connectivity index (χ1) is 8.29. The summed E-state index contributed by atoms with van der Waals surface area (Å²) in [6.45, 7) is 0. The van der Waals surface area contributed by atoms with Crippen LogP contribution in [0.2, 0.25) is 0 Å². The van der Waals surface area contributed by atoms with E-state index in [-0.39, 0.29) is 5.84 Å². The zero-order valence-corrected chi connectivity index (χ0v) is 9.08. The Morgan fingerprint density at radius 2 is 1.71 bits per heavy atom. The molecule has 17 heavy (non-hydrogen) atoms. The molecule has 4 heteroatoms. The van der Waals surface area contributed by atoms with Crippen molar-refractivity contribution in [2.24, 2.45) is 10.9 Å². The first kappa shape index (κ1) is 11.0. The average molecular weight is 228 g/mol. The largest absolute Gasteiger partial charge is 0.457 e. The van der Waals surface area contributed by atoms with Crippen molar-refractivity contribution in [2.75, 3.05) is 0 Å². The van der Waals surface area contributed by atoms with Gasteiger partial charge in [-0.3, -0.25) is 0 Å². The van der Waals surface area contributed by atoms with Crippen molar-refractivity contribution in [1.82, 2.24) is 0 Å². The lowest BCUT2D eigenvalue weighted by molar-refractivity contribution is 0.318. The second kappa shape index (κ2) is 5.03. The summed E-state index contributed by atoms with van der Waals surface area (Å²) in [6, 6.07) is 16.5. The predicted octanol–water partition coefficient (Wildman–Crippen LogP) is 2.57. The third kappa shape index (κ3) is 2.75. The first-order valence-electron chi connectivity index (χ1n) is 5.10. The van der Waals surface area contributed by atoms with Crippen molar-refractivity contribution in [2.45, 2.75) is 0 Å². The van der Waals surface area contributed by atoms with Gasteiger partial charge in [0.05, 0.1) is 0 Å². The Labute approximate surface area is 99.0 Å². The lowest BCUT2D eigenvalue weighted by Gasteiger charge is -2.06. The van der Waals surface area contributed by atoms with Crippen molar-refractivity contribution in [3.05, 3.63) is 60.2 Å². The number of amidine groups is 1. The summed E-state index contributed by atoms with van der Waals surface area (Å²) in [5.74, 6) is 1.44. The van der Waals surface area contributed by atoms with Gasteiger partial charge in [-0.05, 0) is 24.3 Å². The first-order valence-corrected chi connectivity index (χ1v) is 5.10. The van der Waals surface area contributed by atoms with Crippen molar-refractivity contribution in [3.63, 3.8) is 0 Å². The van der Waals surface area contributed by atoms with Crippen LogP contribution in [0.1, 0.15) is 5.56 Å². The molecule has 2 aromatic carbocycles. The number of ether oxygens (including phenoxy) is 1. The van der Waals surface area contributed by atoms with E-state index in [1.165, 1.54) is 0 Å². The molecule has 0 aliphatic carbocycles. The van der Waals surface area contributed by atoms with Gasteiger partial charge in [-0.2, -0.15) is 0 Å². The monoisotopic (exact) mass is 228 g/mol. The summed E-state index contributed by atoms with van der Waals surface area (Å²) in [5.41, 5.74) is 6.11. The van der Waals surface area contributed by atoms with E-state index in [1.54, 1.807) is 24.3 Å². The van der Waals surface area contributed by atoms with E-state index < -0.39 is 0 Å². The molecule has 0 saturated heterocycles. The number of rotatable bonds is 3. The highest BCUT2D eigenvalue weighted by atomic mass is 16.5. The van der Waals surface area contributed by atoms with Gasteiger partial charge in [0.25, 0.3) is 0 Å². The average Bonchev–Trinajstić information content (AvgIpc) is 2.39. The molecule has 0 fully saturated rings. The van der Waals surface area contributed by atoms with Crippen molar-refractivity contribution in [1.29, 1.82) is 0 Å². The Kier molecular flexibility index (Phi) is 3.25. The predicted molar refractivity (Wildman–Crippen MR) is 65.5 cm³/mol. The Hall–Kier alpha value is -2.49. The van der Waals surface area contributed by atoms with Crippen LogP contribution in [0, 0.1) is 0 Å². The molecular weight excluding hydrogens is 216 g/mol. The van der Waals surface area contributed by atoms with Crippen LogP contribution >= 0.6 is 0 Å². The summed E-state index contributed by atoms with van der Waals surface area (Å²) in [6.07, 6.45) is 0. The van der Waals surface area contributed by atoms with Crippen molar-refractivity contribution < 1.29 is 9.94 Å². The van der Waals surface area contributed by atoms with E-state index in [1.807, 2.05) is 30.3 Å². The third-order valence-electron chi connectivity index (χ3n) is 2.22. The molecular formula is C13H12N2O2. The molecule has 0 aromatic heterocycles. The van der Waals surface area contributed by atoms with Gasteiger partial charge in [-0.25, -0.2) is 0 Å². The van der Waals surface area contributed by atoms with Gasteiger partial charge >= 0.3 is 0 Å². The van der Waals surface area contributed by atoms with Crippen LogP contribution in [0.15, 0.2) is 59.8 Å².